The number of amides is 1. The zero-order valence-corrected chi connectivity index (χ0v) is 11.3. The lowest BCUT2D eigenvalue weighted by Gasteiger charge is -2.11. The summed E-state index contributed by atoms with van der Waals surface area (Å²) in [6, 6.07) is 6.12. The Kier molecular flexibility index (Phi) is 4.70. The molecule has 6 nitrogen and oxygen atoms in total. The van der Waals surface area contributed by atoms with Crippen LogP contribution in [-0.2, 0) is 9.53 Å². The van der Waals surface area contributed by atoms with Gasteiger partial charge in [-0.15, -0.1) is 0 Å². The summed E-state index contributed by atoms with van der Waals surface area (Å²) in [4.78, 5) is 23.4. The number of benzene rings is 1. The number of nitrogens with one attached hydrogen (secondary N) is 2. The highest BCUT2D eigenvalue weighted by atomic mass is 16.5. The fourth-order valence-corrected chi connectivity index (χ4v) is 2.05. The highest BCUT2D eigenvalue weighted by molar-refractivity contribution is 5.96. The van der Waals surface area contributed by atoms with Crippen molar-refractivity contribution in [2.24, 2.45) is 0 Å². The number of ether oxygens (including phenoxy) is 1. The van der Waals surface area contributed by atoms with Crippen molar-refractivity contribution in [3.8, 4) is 0 Å². The number of anilines is 1. The van der Waals surface area contributed by atoms with E-state index < -0.39 is 6.10 Å². The maximum atomic E-state index is 11.9. The van der Waals surface area contributed by atoms with Gasteiger partial charge in [-0.3, -0.25) is 4.79 Å². The summed E-state index contributed by atoms with van der Waals surface area (Å²) < 4.78 is 4.88. The van der Waals surface area contributed by atoms with Crippen LogP contribution in [0.1, 0.15) is 23.7 Å². The van der Waals surface area contributed by atoms with Crippen LogP contribution in [0.5, 0.6) is 0 Å². The second kappa shape index (κ2) is 6.49. The standard InChI is InChI=1S/C14H18N2O4/c1-2-20-14(19)9-3-5-10(6-4-9)16-13(18)12-7-11(17)8-15-12/h3-6,11-12,15,17H,2,7-8H2,1H3,(H,16,18). The highest BCUT2D eigenvalue weighted by Crippen LogP contribution is 2.13. The SMILES string of the molecule is CCOC(=O)c1ccc(NC(=O)C2CC(O)CN2)cc1. The van der Waals surface area contributed by atoms with Gasteiger partial charge in [0.05, 0.1) is 24.3 Å². The first-order valence-corrected chi connectivity index (χ1v) is 6.59. The predicted octanol–water partition coefficient (Wildman–Crippen LogP) is 0.525. The number of aliphatic hydroxyl groups is 1. The fourth-order valence-electron chi connectivity index (χ4n) is 2.05. The van der Waals surface area contributed by atoms with Crippen molar-refractivity contribution >= 4 is 17.6 Å². The van der Waals surface area contributed by atoms with Gasteiger partial charge < -0.3 is 20.5 Å². The van der Waals surface area contributed by atoms with E-state index in [0.29, 0.717) is 30.8 Å². The van der Waals surface area contributed by atoms with E-state index >= 15 is 0 Å². The topological polar surface area (TPSA) is 87.7 Å². The van der Waals surface area contributed by atoms with Crippen LogP contribution in [0, 0.1) is 0 Å². The molecule has 0 saturated carbocycles. The number of hydrogen-bond donors (Lipinski definition) is 3. The molecule has 0 aromatic heterocycles. The van der Waals surface area contributed by atoms with Crippen LogP contribution in [0.2, 0.25) is 0 Å². The summed E-state index contributed by atoms with van der Waals surface area (Å²) in [7, 11) is 0. The van der Waals surface area contributed by atoms with Gasteiger partial charge in [0.2, 0.25) is 5.91 Å². The lowest BCUT2D eigenvalue weighted by atomic mass is 10.1. The van der Waals surface area contributed by atoms with Crippen LogP contribution in [0.25, 0.3) is 0 Å². The van der Waals surface area contributed by atoms with Gasteiger partial charge in [-0.25, -0.2) is 4.79 Å². The quantitative estimate of drug-likeness (QED) is 0.699. The summed E-state index contributed by atoms with van der Waals surface area (Å²) in [6.07, 6.45) is -0.0656. The maximum Gasteiger partial charge on any atom is 0.338 e. The largest absolute Gasteiger partial charge is 0.462 e. The lowest BCUT2D eigenvalue weighted by molar-refractivity contribution is -0.117. The molecule has 1 fully saturated rings. The molecule has 1 aromatic rings. The number of β-amino-alcohol motifs (C(OH)–C–C–N with tert-alkyl or cyclic N) is 1. The van der Waals surface area contributed by atoms with E-state index in [4.69, 9.17) is 4.74 Å². The third kappa shape index (κ3) is 3.55. The Morgan fingerprint density at radius 2 is 2.10 bits per heavy atom. The Balaban J connectivity index is 1.93. The van der Waals surface area contributed by atoms with Crippen molar-refractivity contribution in [1.29, 1.82) is 0 Å². The van der Waals surface area contributed by atoms with E-state index in [1.165, 1.54) is 0 Å². The van der Waals surface area contributed by atoms with Crippen LogP contribution in [0.15, 0.2) is 24.3 Å². The zero-order valence-electron chi connectivity index (χ0n) is 11.3. The van der Waals surface area contributed by atoms with Crippen molar-refractivity contribution < 1.29 is 19.4 Å². The van der Waals surface area contributed by atoms with E-state index in [9.17, 15) is 14.7 Å². The van der Waals surface area contributed by atoms with Gasteiger partial charge in [0, 0.05) is 12.2 Å². The molecule has 2 unspecified atom stereocenters. The minimum Gasteiger partial charge on any atom is -0.462 e. The molecule has 1 aliphatic rings. The summed E-state index contributed by atoms with van der Waals surface area (Å²) in [5.74, 6) is -0.573. The number of carbonyl (C=O) groups is 2. The first-order valence-electron chi connectivity index (χ1n) is 6.59. The van der Waals surface area contributed by atoms with Gasteiger partial charge in [-0.05, 0) is 37.6 Å². The van der Waals surface area contributed by atoms with E-state index in [2.05, 4.69) is 10.6 Å². The number of rotatable bonds is 4. The predicted molar refractivity (Wildman–Crippen MR) is 73.4 cm³/mol. The maximum absolute atomic E-state index is 11.9. The smallest absolute Gasteiger partial charge is 0.338 e. The Hall–Kier alpha value is -1.92. The first-order chi connectivity index (χ1) is 9.60. The molecule has 108 valence electrons. The van der Waals surface area contributed by atoms with Crippen molar-refractivity contribution in [2.45, 2.75) is 25.5 Å². The molecule has 20 heavy (non-hydrogen) atoms. The van der Waals surface area contributed by atoms with Gasteiger partial charge in [0.15, 0.2) is 0 Å². The minimum atomic E-state index is -0.475. The number of carbonyl (C=O) groups excluding carboxylic acids is 2. The normalized spacial score (nSPS) is 21.5. The van der Waals surface area contributed by atoms with Gasteiger partial charge in [-0.1, -0.05) is 0 Å². The van der Waals surface area contributed by atoms with E-state index in [-0.39, 0.29) is 17.9 Å². The Labute approximate surface area is 117 Å². The monoisotopic (exact) mass is 278 g/mol. The Morgan fingerprint density at radius 3 is 2.65 bits per heavy atom. The van der Waals surface area contributed by atoms with E-state index in [0.717, 1.165) is 0 Å². The molecule has 2 rings (SSSR count). The van der Waals surface area contributed by atoms with Crippen molar-refractivity contribution in [1.82, 2.24) is 5.32 Å². The van der Waals surface area contributed by atoms with Gasteiger partial charge in [0.25, 0.3) is 0 Å². The van der Waals surface area contributed by atoms with E-state index in [1.807, 2.05) is 0 Å². The Morgan fingerprint density at radius 1 is 1.40 bits per heavy atom. The summed E-state index contributed by atoms with van der Waals surface area (Å²) in [5.41, 5.74) is 1.05. The molecule has 1 aliphatic heterocycles. The molecule has 1 amide bonds. The first kappa shape index (κ1) is 14.5. The number of aliphatic hydroxyl groups excluding tert-OH is 1. The zero-order chi connectivity index (χ0) is 14.5. The molecule has 0 aliphatic carbocycles. The van der Waals surface area contributed by atoms with Gasteiger partial charge in [-0.2, -0.15) is 0 Å². The van der Waals surface area contributed by atoms with Crippen molar-refractivity contribution in [3.63, 3.8) is 0 Å². The summed E-state index contributed by atoms with van der Waals surface area (Å²) in [5, 5.41) is 15.0. The molecule has 1 heterocycles. The van der Waals surface area contributed by atoms with Gasteiger partial charge in [0.1, 0.15) is 0 Å². The van der Waals surface area contributed by atoms with Crippen LogP contribution in [0.4, 0.5) is 5.69 Å². The number of esters is 1. The van der Waals surface area contributed by atoms with Gasteiger partial charge >= 0.3 is 5.97 Å². The third-order valence-electron chi connectivity index (χ3n) is 3.09. The fraction of sp³-hybridized carbons (Fsp3) is 0.429. The molecular formula is C14H18N2O4. The van der Waals surface area contributed by atoms with Crippen LogP contribution in [-0.4, -0.2) is 42.3 Å². The average Bonchev–Trinajstić information content (AvgIpc) is 2.86. The molecule has 1 saturated heterocycles. The highest BCUT2D eigenvalue weighted by Gasteiger charge is 2.27. The minimum absolute atomic E-state index is 0.189. The molecule has 0 spiro atoms. The third-order valence-corrected chi connectivity index (χ3v) is 3.09. The average molecular weight is 278 g/mol. The molecule has 1 aromatic carbocycles. The molecule has 0 bridgehead atoms. The molecule has 0 radical (unpaired) electrons. The van der Waals surface area contributed by atoms with Crippen molar-refractivity contribution in [3.05, 3.63) is 29.8 Å². The second-order valence-electron chi connectivity index (χ2n) is 4.64. The second-order valence-corrected chi connectivity index (χ2v) is 4.64. The van der Waals surface area contributed by atoms with Crippen LogP contribution < -0.4 is 10.6 Å². The van der Waals surface area contributed by atoms with Crippen molar-refractivity contribution in [2.75, 3.05) is 18.5 Å². The van der Waals surface area contributed by atoms with Crippen LogP contribution >= 0.6 is 0 Å². The lowest BCUT2D eigenvalue weighted by Crippen LogP contribution is -2.35. The molecule has 3 N–H and O–H groups in total. The Bertz CT molecular complexity index is 486. The number of hydrogen-bond acceptors (Lipinski definition) is 5. The molecule has 6 heteroatoms. The molecular weight excluding hydrogens is 260 g/mol. The van der Waals surface area contributed by atoms with E-state index in [1.54, 1.807) is 31.2 Å². The molecule has 2 atom stereocenters. The summed E-state index contributed by atoms with van der Waals surface area (Å²) >= 11 is 0. The van der Waals surface area contributed by atoms with Crippen LogP contribution in [0.3, 0.4) is 0 Å². The summed E-state index contributed by atoms with van der Waals surface area (Å²) in [6.45, 7) is 2.50.